The molecule has 4 heteroatoms. The summed E-state index contributed by atoms with van der Waals surface area (Å²) in [5.74, 6) is 0.279. The van der Waals surface area contributed by atoms with Gasteiger partial charge >= 0.3 is 0 Å². The lowest BCUT2D eigenvalue weighted by Crippen LogP contribution is -2.58. The number of nitrogens with one attached hydrogen (secondary N) is 1. The number of rotatable bonds is 6. The average molecular weight is 293 g/mol. The Kier molecular flexibility index (Phi) is 6.24. The monoisotopic (exact) mass is 293 g/mol. The van der Waals surface area contributed by atoms with E-state index >= 15 is 0 Å². The Morgan fingerprint density at radius 3 is 2.76 bits per heavy atom. The van der Waals surface area contributed by atoms with E-state index in [1.54, 1.807) is 0 Å². The fourth-order valence-electron chi connectivity index (χ4n) is 3.50. The SMILES string of the molecule is CCC1CN(CC(=O)N(CC)C2=CCCC2)C(CC)CN1. The van der Waals surface area contributed by atoms with Crippen LogP contribution in [0.25, 0.3) is 0 Å². The summed E-state index contributed by atoms with van der Waals surface area (Å²) in [5.41, 5.74) is 1.25. The van der Waals surface area contributed by atoms with Crippen LogP contribution in [0.15, 0.2) is 11.8 Å². The first-order valence-corrected chi connectivity index (χ1v) is 8.66. The van der Waals surface area contributed by atoms with Gasteiger partial charge in [-0.15, -0.1) is 0 Å². The highest BCUT2D eigenvalue weighted by Crippen LogP contribution is 2.22. The van der Waals surface area contributed by atoms with Crippen LogP contribution in [-0.4, -0.2) is 54.0 Å². The molecule has 2 atom stereocenters. The molecule has 0 bridgehead atoms. The first kappa shape index (κ1) is 16.5. The van der Waals surface area contributed by atoms with Crippen molar-refractivity contribution in [3.8, 4) is 0 Å². The van der Waals surface area contributed by atoms with Gasteiger partial charge in [0.05, 0.1) is 6.54 Å². The zero-order valence-corrected chi connectivity index (χ0v) is 13.9. The largest absolute Gasteiger partial charge is 0.316 e. The quantitative estimate of drug-likeness (QED) is 0.816. The minimum Gasteiger partial charge on any atom is -0.316 e. The standard InChI is InChI=1S/C17H31N3O/c1-4-14-12-19(15(5-2)11-18-14)13-17(21)20(6-3)16-9-7-8-10-16/h9,14-15,18H,4-8,10-13H2,1-3H3. The highest BCUT2D eigenvalue weighted by atomic mass is 16.2. The van der Waals surface area contributed by atoms with E-state index in [4.69, 9.17) is 0 Å². The molecule has 4 nitrogen and oxygen atoms in total. The van der Waals surface area contributed by atoms with Crippen molar-refractivity contribution in [1.82, 2.24) is 15.1 Å². The summed E-state index contributed by atoms with van der Waals surface area (Å²) < 4.78 is 0. The van der Waals surface area contributed by atoms with Gasteiger partial charge < -0.3 is 10.2 Å². The molecule has 21 heavy (non-hydrogen) atoms. The maximum Gasteiger partial charge on any atom is 0.240 e. The molecular formula is C17H31N3O. The molecule has 0 saturated carbocycles. The molecule has 0 aromatic rings. The molecular weight excluding hydrogens is 262 g/mol. The van der Waals surface area contributed by atoms with Gasteiger partial charge in [0.15, 0.2) is 0 Å². The number of carbonyl (C=O) groups excluding carboxylic acids is 1. The lowest BCUT2D eigenvalue weighted by Gasteiger charge is -2.40. The normalized spacial score (nSPS) is 26.7. The Bertz CT molecular complexity index is 380. The Morgan fingerprint density at radius 1 is 1.38 bits per heavy atom. The van der Waals surface area contributed by atoms with Crippen molar-refractivity contribution in [2.24, 2.45) is 0 Å². The number of piperazine rings is 1. The van der Waals surface area contributed by atoms with E-state index in [0.29, 0.717) is 18.6 Å². The summed E-state index contributed by atoms with van der Waals surface area (Å²) in [7, 11) is 0. The highest BCUT2D eigenvalue weighted by molar-refractivity contribution is 5.80. The lowest BCUT2D eigenvalue weighted by molar-refractivity contribution is -0.131. The summed E-state index contributed by atoms with van der Waals surface area (Å²) in [6.45, 7) is 9.89. The van der Waals surface area contributed by atoms with Gasteiger partial charge in [-0.05, 0) is 39.0 Å². The number of likely N-dealkylation sites (N-methyl/N-ethyl adjacent to an activating group) is 1. The molecule has 0 radical (unpaired) electrons. The molecule has 0 aromatic heterocycles. The van der Waals surface area contributed by atoms with E-state index in [2.05, 4.69) is 37.1 Å². The molecule has 1 heterocycles. The number of nitrogens with zero attached hydrogens (tertiary/aromatic N) is 2. The Labute approximate surface area is 129 Å². The van der Waals surface area contributed by atoms with Crippen molar-refractivity contribution in [2.45, 2.75) is 65.0 Å². The van der Waals surface area contributed by atoms with Crippen LogP contribution in [0.3, 0.4) is 0 Å². The van der Waals surface area contributed by atoms with Gasteiger partial charge in [0.1, 0.15) is 0 Å². The second-order valence-corrected chi connectivity index (χ2v) is 6.23. The van der Waals surface area contributed by atoms with E-state index in [1.165, 1.54) is 12.1 Å². The maximum absolute atomic E-state index is 12.7. The third-order valence-electron chi connectivity index (χ3n) is 4.90. The van der Waals surface area contributed by atoms with Crippen molar-refractivity contribution in [3.63, 3.8) is 0 Å². The molecule has 1 saturated heterocycles. The third kappa shape index (κ3) is 4.07. The second kappa shape index (κ2) is 7.95. The predicted molar refractivity (Wildman–Crippen MR) is 87.1 cm³/mol. The van der Waals surface area contributed by atoms with Crippen LogP contribution in [0.4, 0.5) is 0 Å². The first-order valence-electron chi connectivity index (χ1n) is 8.66. The summed E-state index contributed by atoms with van der Waals surface area (Å²) in [6, 6.07) is 1.02. The summed E-state index contributed by atoms with van der Waals surface area (Å²) in [6.07, 6.45) is 7.86. The molecule has 1 fully saturated rings. The van der Waals surface area contributed by atoms with Crippen molar-refractivity contribution in [1.29, 1.82) is 0 Å². The number of amides is 1. The van der Waals surface area contributed by atoms with Crippen molar-refractivity contribution >= 4 is 5.91 Å². The van der Waals surface area contributed by atoms with Crippen LogP contribution in [0.1, 0.15) is 52.9 Å². The molecule has 1 N–H and O–H groups in total. The predicted octanol–water partition coefficient (Wildman–Crippen LogP) is 2.37. The van der Waals surface area contributed by atoms with Gasteiger partial charge in [-0.3, -0.25) is 9.69 Å². The molecule has 2 rings (SSSR count). The number of allylic oxidation sites excluding steroid dienone is 2. The van der Waals surface area contributed by atoms with Crippen molar-refractivity contribution in [2.75, 3.05) is 26.2 Å². The van der Waals surface area contributed by atoms with Gasteiger partial charge in [-0.2, -0.15) is 0 Å². The molecule has 1 aliphatic heterocycles. The van der Waals surface area contributed by atoms with Gasteiger partial charge in [0.25, 0.3) is 0 Å². The van der Waals surface area contributed by atoms with E-state index in [9.17, 15) is 4.79 Å². The maximum atomic E-state index is 12.7. The van der Waals surface area contributed by atoms with Gasteiger partial charge in [0, 0.05) is 37.4 Å². The highest BCUT2D eigenvalue weighted by Gasteiger charge is 2.29. The lowest BCUT2D eigenvalue weighted by atomic mass is 10.1. The van der Waals surface area contributed by atoms with E-state index in [0.717, 1.165) is 45.3 Å². The zero-order valence-electron chi connectivity index (χ0n) is 13.9. The molecule has 1 amide bonds. The third-order valence-corrected chi connectivity index (χ3v) is 4.90. The van der Waals surface area contributed by atoms with Crippen LogP contribution in [0.5, 0.6) is 0 Å². The number of hydrogen-bond acceptors (Lipinski definition) is 3. The first-order chi connectivity index (χ1) is 10.2. The summed E-state index contributed by atoms with van der Waals surface area (Å²) in [5, 5.41) is 3.59. The molecule has 0 spiro atoms. The Balaban J connectivity index is 1.98. The van der Waals surface area contributed by atoms with E-state index in [-0.39, 0.29) is 5.91 Å². The van der Waals surface area contributed by atoms with Gasteiger partial charge in [-0.25, -0.2) is 0 Å². The topological polar surface area (TPSA) is 35.6 Å². The summed E-state index contributed by atoms with van der Waals surface area (Å²) in [4.78, 5) is 17.1. The van der Waals surface area contributed by atoms with Crippen LogP contribution >= 0.6 is 0 Å². The van der Waals surface area contributed by atoms with Crippen LogP contribution < -0.4 is 5.32 Å². The number of carbonyl (C=O) groups is 1. The number of hydrogen-bond donors (Lipinski definition) is 1. The zero-order chi connectivity index (χ0) is 15.2. The molecule has 120 valence electrons. The minimum absolute atomic E-state index is 0.279. The second-order valence-electron chi connectivity index (χ2n) is 6.23. The van der Waals surface area contributed by atoms with Gasteiger partial charge in [-0.1, -0.05) is 19.9 Å². The van der Waals surface area contributed by atoms with Crippen LogP contribution in [0, 0.1) is 0 Å². The smallest absolute Gasteiger partial charge is 0.240 e. The van der Waals surface area contributed by atoms with Crippen LogP contribution in [-0.2, 0) is 4.79 Å². The fourth-order valence-corrected chi connectivity index (χ4v) is 3.50. The summed E-state index contributed by atoms with van der Waals surface area (Å²) >= 11 is 0. The minimum atomic E-state index is 0.279. The molecule has 2 unspecified atom stereocenters. The molecule has 0 aromatic carbocycles. The van der Waals surface area contributed by atoms with E-state index in [1.807, 2.05) is 4.90 Å². The fraction of sp³-hybridized carbons (Fsp3) is 0.824. The van der Waals surface area contributed by atoms with E-state index < -0.39 is 0 Å². The van der Waals surface area contributed by atoms with Gasteiger partial charge in [0.2, 0.25) is 5.91 Å². The van der Waals surface area contributed by atoms with Crippen molar-refractivity contribution in [3.05, 3.63) is 11.8 Å². The Hall–Kier alpha value is -0.870. The molecule has 1 aliphatic carbocycles. The van der Waals surface area contributed by atoms with Crippen LogP contribution in [0.2, 0.25) is 0 Å². The Morgan fingerprint density at radius 2 is 2.19 bits per heavy atom. The molecule has 2 aliphatic rings. The van der Waals surface area contributed by atoms with Crippen molar-refractivity contribution < 1.29 is 4.79 Å². The average Bonchev–Trinajstić information content (AvgIpc) is 3.02.